The van der Waals surface area contributed by atoms with Crippen molar-refractivity contribution in [2.24, 2.45) is 5.92 Å². The predicted octanol–water partition coefficient (Wildman–Crippen LogP) is 1.53. The maximum Gasteiger partial charge on any atom is 0.157 e. The first-order chi connectivity index (χ1) is 8.69. The van der Waals surface area contributed by atoms with E-state index in [1.165, 1.54) is 25.6 Å². The van der Waals surface area contributed by atoms with Gasteiger partial charge < -0.3 is 20.4 Å². The average molecular weight is 250 g/mol. The zero-order valence-electron chi connectivity index (χ0n) is 10.9. The van der Waals surface area contributed by atoms with Crippen molar-refractivity contribution in [3.63, 3.8) is 0 Å². The second-order valence-corrected chi connectivity index (χ2v) is 5.00. The van der Waals surface area contributed by atoms with Gasteiger partial charge >= 0.3 is 0 Å². The Bertz CT molecular complexity index is 395. The molecule has 18 heavy (non-hydrogen) atoms. The molecule has 0 amide bonds. The van der Waals surface area contributed by atoms with Crippen LogP contribution in [-0.4, -0.2) is 41.3 Å². The number of hydrogen-bond acceptors (Lipinski definition) is 4. The zero-order chi connectivity index (χ0) is 13.0. The molecule has 4 nitrogen and oxygen atoms in total. The van der Waals surface area contributed by atoms with E-state index in [0.29, 0.717) is 0 Å². The first-order valence-electron chi connectivity index (χ1n) is 6.63. The van der Waals surface area contributed by atoms with E-state index in [4.69, 9.17) is 0 Å². The van der Waals surface area contributed by atoms with Crippen LogP contribution >= 0.6 is 0 Å². The van der Waals surface area contributed by atoms with Gasteiger partial charge in [-0.15, -0.1) is 0 Å². The Morgan fingerprint density at radius 2 is 2.17 bits per heavy atom. The van der Waals surface area contributed by atoms with Crippen molar-refractivity contribution >= 4 is 0 Å². The van der Waals surface area contributed by atoms with Gasteiger partial charge in [0.1, 0.15) is 0 Å². The van der Waals surface area contributed by atoms with Crippen LogP contribution in [-0.2, 0) is 6.54 Å². The largest absolute Gasteiger partial charge is 0.504 e. The van der Waals surface area contributed by atoms with Gasteiger partial charge in [-0.05, 0) is 49.7 Å². The van der Waals surface area contributed by atoms with Gasteiger partial charge in [0.25, 0.3) is 0 Å². The molecular weight excluding hydrogens is 228 g/mol. The lowest BCUT2D eigenvalue weighted by Crippen LogP contribution is -2.26. The van der Waals surface area contributed by atoms with Crippen LogP contribution in [0.15, 0.2) is 18.2 Å². The summed E-state index contributed by atoms with van der Waals surface area (Å²) in [6, 6.07) is 4.96. The molecule has 0 aromatic heterocycles. The van der Waals surface area contributed by atoms with Crippen molar-refractivity contribution < 1.29 is 10.2 Å². The maximum absolute atomic E-state index is 9.39. The number of rotatable bonds is 5. The maximum atomic E-state index is 9.39. The van der Waals surface area contributed by atoms with Crippen LogP contribution in [0, 0.1) is 5.92 Å². The van der Waals surface area contributed by atoms with Crippen LogP contribution in [0.5, 0.6) is 11.5 Å². The Morgan fingerprint density at radius 1 is 1.33 bits per heavy atom. The van der Waals surface area contributed by atoms with Crippen molar-refractivity contribution in [1.29, 1.82) is 0 Å². The summed E-state index contributed by atoms with van der Waals surface area (Å²) >= 11 is 0. The number of hydrogen-bond donors (Lipinski definition) is 3. The lowest BCUT2D eigenvalue weighted by Gasteiger charge is -2.13. The number of nitrogens with zero attached hydrogens (tertiary/aromatic N) is 1. The summed E-state index contributed by atoms with van der Waals surface area (Å²) in [5.74, 6) is 0.621. The minimum Gasteiger partial charge on any atom is -0.504 e. The number of phenolic OH excluding ortho intramolecular Hbond substituents is 2. The van der Waals surface area contributed by atoms with E-state index in [9.17, 15) is 10.2 Å². The summed E-state index contributed by atoms with van der Waals surface area (Å²) in [5, 5.41) is 22.0. The Hall–Kier alpha value is -1.26. The van der Waals surface area contributed by atoms with Crippen molar-refractivity contribution in [1.82, 2.24) is 10.2 Å². The molecule has 2 rings (SSSR count). The van der Waals surface area contributed by atoms with E-state index in [2.05, 4.69) is 17.1 Å². The number of aromatic hydroxyl groups is 2. The molecule has 1 aromatic carbocycles. The third-order valence-electron chi connectivity index (χ3n) is 3.62. The van der Waals surface area contributed by atoms with Crippen molar-refractivity contribution in [2.45, 2.75) is 19.9 Å². The molecule has 0 radical (unpaired) electrons. The van der Waals surface area contributed by atoms with Gasteiger partial charge in [0.05, 0.1) is 0 Å². The molecule has 1 fully saturated rings. The summed E-state index contributed by atoms with van der Waals surface area (Å²) in [6.07, 6.45) is 1.27. The second-order valence-electron chi connectivity index (χ2n) is 5.00. The van der Waals surface area contributed by atoms with Gasteiger partial charge in [-0.3, -0.25) is 0 Å². The normalized spacial score (nSPS) is 20.4. The Balaban J connectivity index is 1.73. The average Bonchev–Trinajstić information content (AvgIpc) is 2.82. The fraction of sp³-hybridized carbons (Fsp3) is 0.571. The summed E-state index contributed by atoms with van der Waals surface area (Å²) in [4.78, 5) is 2.47. The van der Waals surface area contributed by atoms with Gasteiger partial charge in [0.15, 0.2) is 11.5 Å². The summed E-state index contributed by atoms with van der Waals surface area (Å²) in [6.45, 7) is 7.49. The molecule has 0 saturated carbocycles. The van der Waals surface area contributed by atoms with Gasteiger partial charge in [0.2, 0.25) is 0 Å². The van der Waals surface area contributed by atoms with Gasteiger partial charge in [-0.1, -0.05) is 13.0 Å². The van der Waals surface area contributed by atoms with Crippen LogP contribution < -0.4 is 5.32 Å². The van der Waals surface area contributed by atoms with E-state index in [1.807, 2.05) is 6.07 Å². The third-order valence-corrected chi connectivity index (χ3v) is 3.62. The second kappa shape index (κ2) is 6.07. The van der Waals surface area contributed by atoms with Gasteiger partial charge in [0, 0.05) is 13.1 Å². The number of phenols is 2. The van der Waals surface area contributed by atoms with Crippen LogP contribution in [0.25, 0.3) is 0 Å². The monoisotopic (exact) mass is 250 g/mol. The van der Waals surface area contributed by atoms with E-state index in [1.54, 1.807) is 6.07 Å². The fourth-order valence-corrected chi connectivity index (χ4v) is 2.47. The van der Waals surface area contributed by atoms with Crippen molar-refractivity contribution in [2.75, 3.05) is 26.2 Å². The topological polar surface area (TPSA) is 55.7 Å². The number of benzene rings is 1. The zero-order valence-corrected chi connectivity index (χ0v) is 10.9. The molecule has 4 heteroatoms. The summed E-state index contributed by atoms with van der Waals surface area (Å²) in [7, 11) is 0. The quantitative estimate of drug-likeness (QED) is 0.694. The molecule has 0 bridgehead atoms. The Morgan fingerprint density at radius 3 is 2.83 bits per heavy atom. The van der Waals surface area contributed by atoms with Crippen LogP contribution in [0.3, 0.4) is 0 Å². The summed E-state index contributed by atoms with van der Waals surface area (Å²) in [5.41, 5.74) is 0.996. The lowest BCUT2D eigenvalue weighted by atomic mass is 10.1. The number of nitrogens with one attached hydrogen (secondary N) is 1. The molecule has 1 atom stereocenters. The molecule has 0 aliphatic carbocycles. The smallest absolute Gasteiger partial charge is 0.157 e. The molecule has 3 N–H and O–H groups in total. The highest BCUT2D eigenvalue weighted by molar-refractivity contribution is 5.40. The molecule has 1 heterocycles. The highest BCUT2D eigenvalue weighted by atomic mass is 16.3. The molecule has 1 saturated heterocycles. The minimum atomic E-state index is -0.0619. The van der Waals surface area contributed by atoms with Crippen LogP contribution in [0.4, 0.5) is 0 Å². The van der Waals surface area contributed by atoms with Crippen molar-refractivity contribution in [3.8, 4) is 11.5 Å². The lowest BCUT2D eigenvalue weighted by molar-refractivity contribution is 0.339. The van der Waals surface area contributed by atoms with Crippen molar-refractivity contribution in [3.05, 3.63) is 23.8 Å². The molecule has 0 spiro atoms. The van der Waals surface area contributed by atoms with E-state index >= 15 is 0 Å². The SMILES string of the molecule is CCN1CCC(CNCc2ccc(O)c(O)c2)C1. The Kier molecular flexibility index (Phi) is 4.44. The first kappa shape index (κ1) is 13.2. The molecule has 1 aromatic rings. The Labute approximate surface area is 108 Å². The molecule has 1 unspecified atom stereocenters. The van der Waals surface area contributed by atoms with E-state index in [-0.39, 0.29) is 11.5 Å². The highest BCUT2D eigenvalue weighted by Gasteiger charge is 2.20. The van der Waals surface area contributed by atoms with Crippen LogP contribution in [0.1, 0.15) is 18.9 Å². The molecule has 1 aliphatic rings. The molecule has 1 aliphatic heterocycles. The first-order valence-corrected chi connectivity index (χ1v) is 6.63. The van der Waals surface area contributed by atoms with Gasteiger partial charge in [-0.25, -0.2) is 0 Å². The van der Waals surface area contributed by atoms with Crippen LogP contribution in [0.2, 0.25) is 0 Å². The third kappa shape index (κ3) is 3.37. The molecule has 100 valence electrons. The predicted molar refractivity (Wildman–Crippen MR) is 71.7 cm³/mol. The minimum absolute atomic E-state index is 0.0488. The fourth-order valence-electron chi connectivity index (χ4n) is 2.47. The summed E-state index contributed by atoms with van der Waals surface area (Å²) < 4.78 is 0. The standard InChI is InChI=1S/C14H22N2O2/c1-2-16-6-5-12(10-16)9-15-8-11-3-4-13(17)14(18)7-11/h3-4,7,12,15,17-18H,2,5-6,8-10H2,1H3. The molecular formula is C14H22N2O2. The van der Waals surface area contributed by atoms with E-state index < -0.39 is 0 Å². The van der Waals surface area contributed by atoms with Gasteiger partial charge in [-0.2, -0.15) is 0 Å². The number of likely N-dealkylation sites (tertiary alicyclic amines) is 1. The van der Waals surface area contributed by atoms with E-state index in [0.717, 1.165) is 31.1 Å². The highest BCUT2D eigenvalue weighted by Crippen LogP contribution is 2.24.